The summed E-state index contributed by atoms with van der Waals surface area (Å²) in [7, 11) is 0. The van der Waals surface area contributed by atoms with Gasteiger partial charge in [-0.1, -0.05) is 97.1 Å². The molecule has 0 unspecified atom stereocenters. The quantitative estimate of drug-likeness (QED) is 0.162. The molecule has 56 heavy (non-hydrogen) atoms. The van der Waals surface area contributed by atoms with E-state index in [-0.39, 0.29) is 0 Å². The standard InChI is InChI=1S/C49H27N7/c1-2-10-27-18-35-34(17-26(27)9-1)42-25-43(35)51-45-37-20-29-12-4-6-14-31(29)22-39(37)47(53-45)55-49-41-24-33-16-8-7-15-32(33)23-40(41)48(56-49)54-46-38-21-30-13-5-3-11-28(30)19-36(38)44(50-42)52-46/h1-24H,25H2,(H,50,51,52,53,54,55,56). The Hall–Kier alpha value is -7.64. The summed E-state index contributed by atoms with van der Waals surface area (Å²) in [6, 6.07) is 51.3. The van der Waals surface area contributed by atoms with Crippen LogP contribution in [0.1, 0.15) is 39.8 Å². The first-order valence-electron chi connectivity index (χ1n) is 18.8. The highest BCUT2D eigenvalue weighted by Gasteiger charge is 2.31. The molecule has 7 nitrogen and oxygen atoms in total. The number of benzene rings is 8. The lowest BCUT2D eigenvalue weighted by Crippen LogP contribution is -2.05. The highest BCUT2D eigenvalue weighted by molar-refractivity contribution is 6.36. The molecular weight excluding hydrogens is 687 g/mol. The summed E-state index contributed by atoms with van der Waals surface area (Å²) in [4.78, 5) is 35.6. The molecule has 258 valence electrons. The van der Waals surface area contributed by atoms with E-state index in [0.29, 0.717) is 41.4 Å². The lowest BCUT2D eigenvalue weighted by atomic mass is 10.0. The molecule has 4 heterocycles. The van der Waals surface area contributed by atoms with Gasteiger partial charge in [0.2, 0.25) is 0 Å². The summed E-state index contributed by atoms with van der Waals surface area (Å²) in [5.74, 6) is 3.87. The van der Waals surface area contributed by atoms with Crippen molar-refractivity contribution >= 4 is 100 Å². The molecular formula is C49H27N7. The van der Waals surface area contributed by atoms with Crippen molar-refractivity contribution in [1.82, 2.24) is 4.98 Å². The van der Waals surface area contributed by atoms with Gasteiger partial charge in [-0.15, -0.1) is 0 Å². The maximum atomic E-state index is 5.42. The maximum absolute atomic E-state index is 5.42. The summed E-state index contributed by atoms with van der Waals surface area (Å²) >= 11 is 0. The molecule has 7 heteroatoms. The Kier molecular flexibility index (Phi) is 5.83. The predicted molar refractivity (Wildman–Crippen MR) is 231 cm³/mol. The number of nitrogens with zero attached hydrogens (tertiary/aromatic N) is 6. The minimum atomic E-state index is 0.531. The average molecular weight is 714 g/mol. The van der Waals surface area contributed by atoms with E-state index >= 15 is 0 Å². The zero-order valence-corrected chi connectivity index (χ0v) is 29.7. The molecule has 0 fully saturated rings. The van der Waals surface area contributed by atoms with Gasteiger partial charge in [-0.25, -0.2) is 30.0 Å². The lowest BCUT2D eigenvalue weighted by Gasteiger charge is -2.06. The summed E-state index contributed by atoms with van der Waals surface area (Å²) in [6.45, 7) is 0. The molecule has 8 aromatic carbocycles. The van der Waals surface area contributed by atoms with Crippen LogP contribution in [0, 0.1) is 0 Å². The molecule has 1 aromatic heterocycles. The van der Waals surface area contributed by atoms with Gasteiger partial charge in [-0.05, 0) is 91.6 Å². The number of hydrogen-bond acceptors (Lipinski definition) is 6. The Bertz CT molecular complexity index is 3270. The van der Waals surface area contributed by atoms with Crippen LogP contribution in [0.5, 0.6) is 0 Å². The monoisotopic (exact) mass is 713 g/mol. The normalized spacial score (nSPS) is 15.4. The van der Waals surface area contributed by atoms with Crippen LogP contribution in [0.3, 0.4) is 0 Å². The molecule has 0 saturated carbocycles. The van der Waals surface area contributed by atoms with E-state index in [4.69, 9.17) is 30.0 Å². The second-order valence-electron chi connectivity index (χ2n) is 14.8. The van der Waals surface area contributed by atoms with E-state index in [1.165, 1.54) is 0 Å². The third-order valence-electron chi connectivity index (χ3n) is 11.6. The Labute approximate surface area is 319 Å². The first-order chi connectivity index (χ1) is 27.7. The highest BCUT2D eigenvalue weighted by atomic mass is 15.1. The molecule has 0 atom stereocenters. The summed E-state index contributed by atoms with van der Waals surface area (Å²) < 4.78 is 0. The van der Waals surface area contributed by atoms with E-state index in [1.54, 1.807) is 0 Å². The Morgan fingerprint density at radius 2 is 0.589 bits per heavy atom. The number of fused-ring (bicyclic) bond motifs is 22. The zero-order chi connectivity index (χ0) is 36.5. The van der Waals surface area contributed by atoms with Crippen molar-refractivity contribution in [2.75, 3.05) is 0 Å². The van der Waals surface area contributed by atoms with Crippen LogP contribution in [0.4, 0.5) is 11.6 Å². The molecule has 0 saturated heterocycles. The highest BCUT2D eigenvalue weighted by Crippen LogP contribution is 2.40. The van der Waals surface area contributed by atoms with Crippen LogP contribution in [0.25, 0.3) is 53.9 Å². The first-order valence-corrected chi connectivity index (χ1v) is 18.8. The van der Waals surface area contributed by atoms with Crippen molar-refractivity contribution in [3.63, 3.8) is 0 Å². The first kappa shape index (κ1) is 29.8. The van der Waals surface area contributed by atoms with E-state index in [2.05, 4.69) is 151 Å². The van der Waals surface area contributed by atoms with Crippen molar-refractivity contribution in [2.45, 2.75) is 6.42 Å². The molecule has 0 radical (unpaired) electrons. The van der Waals surface area contributed by atoms with Crippen molar-refractivity contribution in [2.24, 2.45) is 30.0 Å². The van der Waals surface area contributed by atoms with Gasteiger partial charge in [0.1, 0.15) is 11.6 Å². The topological polar surface area (TPSA) is 89.9 Å². The van der Waals surface area contributed by atoms with E-state index in [9.17, 15) is 0 Å². The third-order valence-corrected chi connectivity index (χ3v) is 11.6. The Morgan fingerprint density at radius 1 is 0.304 bits per heavy atom. The second kappa shape index (κ2) is 11.0. The van der Waals surface area contributed by atoms with Crippen molar-refractivity contribution in [3.8, 4) is 0 Å². The van der Waals surface area contributed by atoms with E-state index in [1.807, 2.05) is 0 Å². The van der Waals surface area contributed by atoms with Crippen LogP contribution in [-0.4, -0.2) is 39.7 Å². The fraction of sp³-hybridized carbons (Fsp3) is 0.0204. The number of aromatic amines is 1. The van der Waals surface area contributed by atoms with Crippen LogP contribution in [-0.2, 0) is 0 Å². The second-order valence-corrected chi connectivity index (χ2v) is 14.8. The molecule has 13 rings (SSSR count). The Morgan fingerprint density at radius 3 is 0.929 bits per heavy atom. The molecule has 8 bridgehead atoms. The van der Waals surface area contributed by atoms with Gasteiger partial charge in [-0.2, -0.15) is 0 Å². The number of H-pyrrole nitrogens is 1. The van der Waals surface area contributed by atoms with Crippen LogP contribution in [0.2, 0.25) is 0 Å². The third kappa shape index (κ3) is 4.33. The molecule has 1 aliphatic carbocycles. The molecule has 1 N–H and O–H groups in total. The van der Waals surface area contributed by atoms with Gasteiger partial charge >= 0.3 is 0 Å². The van der Waals surface area contributed by atoms with Crippen LogP contribution < -0.4 is 0 Å². The molecule has 3 aliphatic heterocycles. The zero-order valence-electron chi connectivity index (χ0n) is 29.7. The SMILES string of the molecule is c1ccc2cc3c(cc2c1)C1=NC2=NC(=Nc4[nH]c(c5cc6ccccc6cc45)N=C4N=C(N=C3C1)c1cc3ccccc3cc14)c1cc3ccccc3cc12. The van der Waals surface area contributed by atoms with Crippen molar-refractivity contribution in [3.05, 3.63) is 179 Å². The smallest absolute Gasteiger partial charge is 0.164 e. The fourth-order valence-corrected chi connectivity index (χ4v) is 8.79. The van der Waals surface area contributed by atoms with Gasteiger partial charge in [0.05, 0.1) is 11.4 Å². The largest absolute Gasteiger partial charge is 0.324 e. The number of nitrogens with one attached hydrogen (secondary N) is 1. The van der Waals surface area contributed by atoms with Gasteiger partial charge < -0.3 is 4.98 Å². The van der Waals surface area contributed by atoms with Crippen molar-refractivity contribution < 1.29 is 0 Å². The average Bonchev–Trinajstić information content (AvgIpc) is 3.95. The minimum absolute atomic E-state index is 0.531. The van der Waals surface area contributed by atoms with Gasteiger partial charge in [0, 0.05) is 50.6 Å². The number of amidine groups is 4. The van der Waals surface area contributed by atoms with Crippen LogP contribution >= 0.6 is 0 Å². The number of aromatic nitrogens is 1. The Balaban J connectivity index is 1.15. The predicted octanol–water partition coefficient (Wildman–Crippen LogP) is 11.2. The van der Waals surface area contributed by atoms with E-state index < -0.39 is 0 Å². The summed E-state index contributed by atoms with van der Waals surface area (Å²) in [5, 5.41) is 11.0. The van der Waals surface area contributed by atoms with Crippen molar-refractivity contribution in [1.29, 1.82) is 0 Å². The number of rotatable bonds is 0. The molecule has 4 aliphatic rings. The van der Waals surface area contributed by atoms with Gasteiger partial charge in [0.25, 0.3) is 0 Å². The molecule has 9 aromatic rings. The number of hydrogen-bond donors (Lipinski definition) is 1. The lowest BCUT2D eigenvalue weighted by molar-refractivity contribution is 1.29. The summed E-state index contributed by atoms with van der Waals surface area (Å²) in [6.07, 6.45) is 0.531. The van der Waals surface area contributed by atoms with Gasteiger partial charge in [0.15, 0.2) is 23.3 Å². The van der Waals surface area contributed by atoms with E-state index in [0.717, 1.165) is 98.7 Å². The van der Waals surface area contributed by atoms with Gasteiger partial charge in [-0.3, -0.25) is 0 Å². The summed E-state index contributed by atoms with van der Waals surface area (Å²) in [5.41, 5.74) is 7.75. The minimum Gasteiger partial charge on any atom is -0.324 e. The molecule has 0 amide bonds. The maximum Gasteiger partial charge on any atom is 0.164 e. The number of aliphatic imine (C=N–C) groups is 6. The fourth-order valence-electron chi connectivity index (χ4n) is 8.79. The van der Waals surface area contributed by atoms with Crippen LogP contribution in [0.15, 0.2) is 176 Å². The molecule has 0 spiro atoms.